The van der Waals surface area contributed by atoms with E-state index < -0.39 is 0 Å². The monoisotopic (exact) mass is 262 g/mol. The van der Waals surface area contributed by atoms with Gasteiger partial charge in [-0.3, -0.25) is 0 Å². The molecule has 1 heterocycles. The van der Waals surface area contributed by atoms with Crippen molar-refractivity contribution in [1.82, 2.24) is 10.2 Å². The minimum Gasteiger partial charge on any atom is -0.150 e. The van der Waals surface area contributed by atoms with Crippen LogP contribution in [0.15, 0.2) is 54.6 Å². The number of benzene rings is 2. The van der Waals surface area contributed by atoms with Crippen molar-refractivity contribution in [1.29, 1.82) is 0 Å². The molecule has 2 nitrogen and oxygen atoms in total. The lowest BCUT2D eigenvalue weighted by molar-refractivity contribution is 0.594. The number of hydrogen-bond acceptors (Lipinski definition) is 2. The zero-order valence-corrected chi connectivity index (χ0v) is 12.1. The summed E-state index contributed by atoms with van der Waals surface area (Å²) in [4.78, 5) is 0. The van der Waals surface area contributed by atoms with Crippen LogP contribution in [0, 0.1) is 0 Å². The third-order valence-electron chi connectivity index (χ3n) is 3.47. The van der Waals surface area contributed by atoms with E-state index in [1.54, 1.807) is 0 Å². The van der Waals surface area contributed by atoms with Crippen molar-refractivity contribution in [2.45, 2.75) is 26.2 Å². The molecule has 0 unspecified atom stereocenters. The van der Waals surface area contributed by atoms with Crippen molar-refractivity contribution < 1.29 is 0 Å². The Morgan fingerprint density at radius 1 is 0.750 bits per heavy atom. The zero-order chi connectivity index (χ0) is 14.2. The molecule has 0 bridgehead atoms. The highest BCUT2D eigenvalue weighted by Gasteiger charge is 2.23. The maximum absolute atomic E-state index is 4.49. The molecule has 0 N–H and O–H groups in total. The molecule has 0 atom stereocenters. The first-order valence-electron chi connectivity index (χ1n) is 6.89. The molecular weight excluding hydrogens is 244 g/mol. The van der Waals surface area contributed by atoms with Crippen LogP contribution in [0.3, 0.4) is 0 Å². The Morgan fingerprint density at radius 3 is 2.10 bits per heavy atom. The molecule has 0 amide bonds. The summed E-state index contributed by atoms with van der Waals surface area (Å²) in [6.07, 6.45) is 0. The fraction of sp³-hybridized carbons (Fsp3) is 0.222. The summed E-state index contributed by atoms with van der Waals surface area (Å²) in [5.41, 5.74) is 4.33. The van der Waals surface area contributed by atoms with Gasteiger partial charge in [0.2, 0.25) is 0 Å². The van der Waals surface area contributed by atoms with Crippen molar-refractivity contribution in [3.63, 3.8) is 0 Å². The first kappa shape index (κ1) is 12.8. The van der Waals surface area contributed by atoms with E-state index in [-0.39, 0.29) is 5.41 Å². The average Bonchev–Trinajstić information content (AvgIpc) is 2.46. The summed E-state index contributed by atoms with van der Waals surface area (Å²) < 4.78 is 0. The molecule has 0 aliphatic rings. The number of rotatable bonds is 1. The minimum atomic E-state index is 0.0146. The van der Waals surface area contributed by atoms with Crippen LogP contribution < -0.4 is 0 Å². The molecule has 2 heteroatoms. The Kier molecular flexibility index (Phi) is 3.01. The van der Waals surface area contributed by atoms with Crippen molar-refractivity contribution in [2.24, 2.45) is 0 Å². The molecule has 0 saturated heterocycles. The molecule has 0 radical (unpaired) electrons. The average molecular weight is 262 g/mol. The number of fused-ring (bicyclic) bond motifs is 1. The number of aromatic nitrogens is 2. The van der Waals surface area contributed by atoms with Crippen molar-refractivity contribution in [2.75, 3.05) is 0 Å². The van der Waals surface area contributed by atoms with Gasteiger partial charge in [0.05, 0.1) is 11.2 Å². The van der Waals surface area contributed by atoms with Gasteiger partial charge in [0.15, 0.2) is 0 Å². The Morgan fingerprint density at radius 2 is 1.40 bits per heavy atom. The van der Waals surface area contributed by atoms with E-state index in [0.29, 0.717) is 0 Å². The standard InChI is InChI=1S/C18H18N2/c1-18(2,3)16-14-11-7-8-12-15(14)19-20-17(16)13-9-5-4-6-10-13/h4-12H,1-3H3. The Hall–Kier alpha value is -2.22. The SMILES string of the molecule is CC(C)(C)c1c(-c2ccccc2)nnc2ccccc12. The van der Waals surface area contributed by atoms with Gasteiger partial charge in [0.1, 0.15) is 0 Å². The summed E-state index contributed by atoms with van der Waals surface area (Å²) in [6, 6.07) is 18.5. The highest BCUT2D eigenvalue weighted by atomic mass is 15.1. The maximum Gasteiger partial charge on any atom is 0.0973 e. The smallest absolute Gasteiger partial charge is 0.0973 e. The van der Waals surface area contributed by atoms with Gasteiger partial charge in [-0.05, 0) is 17.0 Å². The second-order valence-electron chi connectivity index (χ2n) is 6.06. The summed E-state index contributed by atoms with van der Waals surface area (Å²) in [6.45, 7) is 6.68. The van der Waals surface area contributed by atoms with Crippen LogP contribution >= 0.6 is 0 Å². The Balaban J connectivity index is 2.38. The first-order chi connectivity index (χ1) is 9.57. The van der Waals surface area contributed by atoms with Crippen LogP contribution in [0.5, 0.6) is 0 Å². The fourth-order valence-electron chi connectivity index (χ4n) is 2.61. The van der Waals surface area contributed by atoms with Crippen LogP contribution in [0.2, 0.25) is 0 Å². The van der Waals surface area contributed by atoms with Gasteiger partial charge in [-0.25, -0.2) is 0 Å². The molecule has 100 valence electrons. The van der Waals surface area contributed by atoms with Crippen molar-refractivity contribution in [3.05, 3.63) is 60.2 Å². The summed E-state index contributed by atoms with van der Waals surface area (Å²) in [5.74, 6) is 0. The van der Waals surface area contributed by atoms with Gasteiger partial charge >= 0.3 is 0 Å². The van der Waals surface area contributed by atoms with Crippen molar-refractivity contribution >= 4 is 10.9 Å². The molecule has 0 aliphatic carbocycles. The number of nitrogens with zero attached hydrogens (tertiary/aromatic N) is 2. The largest absolute Gasteiger partial charge is 0.150 e. The third kappa shape index (κ3) is 2.18. The Labute approximate surface area is 119 Å². The summed E-state index contributed by atoms with van der Waals surface area (Å²) in [7, 11) is 0. The minimum absolute atomic E-state index is 0.0146. The highest BCUT2D eigenvalue weighted by Crippen LogP contribution is 2.35. The molecule has 0 saturated carbocycles. The van der Waals surface area contributed by atoms with E-state index in [2.05, 4.69) is 55.2 Å². The van der Waals surface area contributed by atoms with Crippen LogP contribution in [-0.2, 0) is 5.41 Å². The van der Waals surface area contributed by atoms with Gasteiger partial charge in [-0.2, -0.15) is 0 Å². The lowest BCUT2D eigenvalue weighted by Gasteiger charge is -2.23. The van der Waals surface area contributed by atoms with E-state index in [9.17, 15) is 0 Å². The maximum atomic E-state index is 4.49. The normalized spacial score (nSPS) is 11.8. The fourth-order valence-corrected chi connectivity index (χ4v) is 2.61. The van der Waals surface area contributed by atoms with E-state index in [4.69, 9.17) is 0 Å². The van der Waals surface area contributed by atoms with Crippen LogP contribution in [0.4, 0.5) is 0 Å². The van der Waals surface area contributed by atoms with Crippen molar-refractivity contribution in [3.8, 4) is 11.3 Å². The third-order valence-corrected chi connectivity index (χ3v) is 3.47. The molecule has 0 fully saturated rings. The molecule has 2 aromatic carbocycles. The second kappa shape index (κ2) is 4.71. The zero-order valence-electron chi connectivity index (χ0n) is 12.1. The lowest BCUT2D eigenvalue weighted by atomic mass is 9.82. The summed E-state index contributed by atoms with van der Waals surface area (Å²) >= 11 is 0. The lowest BCUT2D eigenvalue weighted by Crippen LogP contribution is -2.15. The molecule has 0 aliphatic heterocycles. The topological polar surface area (TPSA) is 25.8 Å². The Bertz CT molecular complexity index is 740. The van der Waals surface area contributed by atoms with Crippen LogP contribution in [0.25, 0.3) is 22.2 Å². The van der Waals surface area contributed by atoms with Gasteiger partial charge in [-0.1, -0.05) is 69.3 Å². The van der Waals surface area contributed by atoms with Gasteiger partial charge in [0, 0.05) is 10.9 Å². The predicted molar refractivity (Wildman–Crippen MR) is 83.7 cm³/mol. The molecular formula is C18H18N2. The highest BCUT2D eigenvalue weighted by molar-refractivity contribution is 5.87. The molecule has 20 heavy (non-hydrogen) atoms. The molecule has 3 rings (SSSR count). The van der Waals surface area contributed by atoms with Gasteiger partial charge in [-0.15, -0.1) is 10.2 Å². The molecule has 1 aromatic heterocycles. The van der Waals surface area contributed by atoms with E-state index in [1.165, 1.54) is 10.9 Å². The van der Waals surface area contributed by atoms with E-state index in [1.807, 2.05) is 30.3 Å². The van der Waals surface area contributed by atoms with Crippen LogP contribution in [0.1, 0.15) is 26.3 Å². The number of hydrogen-bond donors (Lipinski definition) is 0. The predicted octanol–water partition coefficient (Wildman–Crippen LogP) is 4.59. The second-order valence-corrected chi connectivity index (χ2v) is 6.06. The van der Waals surface area contributed by atoms with Crippen LogP contribution in [-0.4, -0.2) is 10.2 Å². The van der Waals surface area contributed by atoms with E-state index in [0.717, 1.165) is 16.8 Å². The molecule has 0 spiro atoms. The quantitative estimate of drug-likeness (QED) is 0.640. The van der Waals surface area contributed by atoms with Gasteiger partial charge < -0.3 is 0 Å². The first-order valence-corrected chi connectivity index (χ1v) is 6.89. The van der Waals surface area contributed by atoms with Gasteiger partial charge in [0.25, 0.3) is 0 Å². The van der Waals surface area contributed by atoms with E-state index >= 15 is 0 Å². The summed E-state index contributed by atoms with van der Waals surface area (Å²) in [5, 5.41) is 10.1. The molecule has 3 aromatic rings.